The summed E-state index contributed by atoms with van der Waals surface area (Å²) in [5.74, 6) is 3.27. The van der Waals surface area contributed by atoms with E-state index in [0.29, 0.717) is 32.9 Å². The minimum Gasteiger partial charge on any atom is -0.299 e. The van der Waals surface area contributed by atoms with E-state index >= 15 is 0 Å². The van der Waals surface area contributed by atoms with Crippen LogP contribution in [0.15, 0.2) is 0 Å². The first-order chi connectivity index (χ1) is 14.2. The summed E-state index contributed by atoms with van der Waals surface area (Å²) in [5, 5.41) is 0. The van der Waals surface area contributed by atoms with E-state index in [2.05, 4.69) is 55.4 Å². The maximum absolute atomic E-state index is 12.7. The molecule has 0 saturated heterocycles. The lowest BCUT2D eigenvalue weighted by Crippen LogP contribution is -2.67. The number of Topliss-reactive ketones (excluding diaryl/α,β-unsaturated/α-hetero) is 1. The fourth-order valence-corrected chi connectivity index (χ4v) is 11.2. The van der Waals surface area contributed by atoms with Crippen molar-refractivity contribution in [1.82, 2.24) is 0 Å². The smallest absolute Gasteiger partial charge is 0.136 e. The standard InChI is InChI=1S/C30H50O/c1-20-21(31)9-10-22-27(20,5)12-11-23-28(22,6)16-18-30(8)24-19-25(2,3)13-14-26(24,4)15-17-29(23,30)7/h20,22-24H,9-19H2,1-8H3/t20-,22?,23?,24+,26+,27+,28-,29+,30-/m0/s1. The quantitative estimate of drug-likeness (QED) is 0.379. The molecule has 0 aromatic heterocycles. The minimum absolute atomic E-state index is 0.237. The Hall–Kier alpha value is -0.330. The van der Waals surface area contributed by atoms with Gasteiger partial charge in [0.15, 0.2) is 0 Å². The van der Waals surface area contributed by atoms with E-state index in [1.54, 1.807) is 0 Å². The van der Waals surface area contributed by atoms with Gasteiger partial charge in [-0.15, -0.1) is 0 Å². The average molecular weight is 427 g/mol. The van der Waals surface area contributed by atoms with Gasteiger partial charge in [0.1, 0.15) is 5.78 Å². The molecule has 0 aromatic carbocycles. The molecule has 5 rings (SSSR count). The predicted octanol–water partition coefficient (Wildman–Crippen LogP) is 8.46. The number of hydrogen-bond acceptors (Lipinski definition) is 1. The second-order valence-electron chi connectivity index (χ2n) is 15.3. The van der Waals surface area contributed by atoms with Crippen molar-refractivity contribution in [2.24, 2.45) is 56.2 Å². The van der Waals surface area contributed by atoms with Gasteiger partial charge in [-0.05, 0) is 114 Å². The minimum atomic E-state index is 0.237. The summed E-state index contributed by atoms with van der Waals surface area (Å²) in [4.78, 5) is 12.7. The van der Waals surface area contributed by atoms with Crippen LogP contribution in [0.4, 0.5) is 0 Å². The van der Waals surface area contributed by atoms with E-state index in [9.17, 15) is 4.79 Å². The van der Waals surface area contributed by atoms with Gasteiger partial charge in [0, 0.05) is 12.3 Å². The first-order valence-electron chi connectivity index (χ1n) is 13.7. The van der Waals surface area contributed by atoms with E-state index in [4.69, 9.17) is 0 Å². The summed E-state index contributed by atoms with van der Waals surface area (Å²) >= 11 is 0. The molecule has 5 saturated carbocycles. The zero-order valence-electron chi connectivity index (χ0n) is 22.0. The number of rotatable bonds is 0. The van der Waals surface area contributed by atoms with Crippen molar-refractivity contribution in [2.45, 2.75) is 126 Å². The van der Waals surface area contributed by atoms with Crippen LogP contribution in [0.25, 0.3) is 0 Å². The van der Waals surface area contributed by atoms with Gasteiger partial charge in [0.2, 0.25) is 0 Å². The molecule has 0 bridgehead atoms. The van der Waals surface area contributed by atoms with Gasteiger partial charge in [-0.3, -0.25) is 4.79 Å². The van der Waals surface area contributed by atoms with Gasteiger partial charge >= 0.3 is 0 Å². The van der Waals surface area contributed by atoms with Gasteiger partial charge in [0.25, 0.3) is 0 Å². The molecule has 0 amide bonds. The largest absolute Gasteiger partial charge is 0.299 e. The van der Waals surface area contributed by atoms with Gasteiger partial charge in [-0.25, -0.2) is 0 Å². The molecule has 0 aliphatic heterocycles. The molecule has 0 heterocycles. The van der Waals surface area contributed by atoms with Crippen molar-refractivity contribution < 1.29 is 4.79 Å². The Morgan fingerprint density at radius 2 is 1.26 bits per heavy atom. The van der Waals surface area contributed by atoms with Crippen LogP contribution in [0, 0.1) is 56.2 Å². The molecule has 0 aromatic rings. The molecule has 2 unspecified atom stereocenters. The highest BCUT2D eigenvalue weighted by Crippen LogP contribution is 2.78. The first kappa shape index (κ1) is 22.5. The third-order valence-electron chi connectivity index (χ3n) is 13.7. The van der Waals surface area contributed by atoms with E-state index < -0.39 is 0 Å². The monoisotopic (exact) mass is 426 g/mol. The Morgan fingerprint density at radius 3 is 1.97 bits per heavy atom. The van der Waals surface area contributed by atoms with E-state index in [0.717, 1.165) is 30.6 Å². The van der Waals surface area contributed by atoms with Gasteiger partial charge in [-0.2, -0.15) is 0 Å². The third kappa shape index (κ3) is 2.70. The maximum atomic E-state index is 12.7. The van der Waals surface area contributed by atoms with Crippen LogP contribution in [0.3, 0.4) is 0 Å². The van der Waals surface area contributed by atoms with Crippen LogP contribution in [-0.2, 0) is 4.79 Å². The summed E-state index contributed by atoms with van der Waals surface area (Å²) in [6.45, 7) is 20.7. The third-order valence-corrected chi connectivity index (χ3v) is 13.7. The van der Waals surface area contributed by atoms with Gasteiger partial charge < -0.3 is 0 Å². The van der Waals surface area contributed by atoms with Crippen LogP contribution in [-0.4, -0.2) is 5.78 Å². The van der Waals surface area contributed by atoms with Crippen molar-refractivity contribution in [1.29, 1.82) is 0 Å². The SMILES string of the molecule is C[C@H]1C(=O)CCC2[C@]3(C)CC[C@@]4(C)[C@@H]5CC(C)(C)CC[C@]5(C)CC[C@]4(C)C3CC[C@@]21C. The average Bonchev–Trinajstić information content (AvgIpc) is 2.69. The highest BCUT2D eigenvalue weighted by molar-refractivity contribution is 5.82. The number of carbonyl (C=O) groups is 1. The summed E-state index contributed by atoms with van der Waals surface area (Å²) in [7, 11) is 0. The van der Waals surface area contributed by atoms with Crippen LogP contribution in [0.2, 0.25) is 0 Å². The molecule has 1 nitrogen and oxygen atoms in total. The van der Waals surface area contributed by atoms with Crippen molar-refractivity contribution in [3.63, 3.8) is 0 Å². The van der Waals surface area contributed by atoms with Crippen LogP contribution in [0.1, 0.15) is 126 Å². The number of hydrogen-bond donors (Lipinski definition) is 0. The zero-order chi connectivity index (χ0) is 22.7. The lowest BCUT2D eigenvalue weighted by atomic mass is 9.30. The molecule has 0 spiro atoms. The molecule has 5 aliphatic carbocycles. The number of carbonyl (C=O) groups excluding carboxylic acids is 1. The fraction of sp³-hybridized carbons (Fsp3) is 0.967. The molecular formula is C30H50O. The van der Waals surface area contributed by atoms with E-state index in [-0.39, 0.29) is 11.3 Å². The Bertz CT molecular complexity index is 781. The van der Waals surface area contributed by atoms with Gasteiger partial charge in [-0.1, -0.05) is 55.4 Å². The predicted molar refractivity (Wildman–Crippen MR) is 130 cm³/mol. The summed E-state index contributed by atoms with van der Waals surface area (Å²) < 4.78 is 0. The van der Waals surface area contributed by atoms with Crippen molar-refractivity contribution in [2.75, 3.05) is 0 Å². The molecule has 31 heavy (non-hydrogen) atoms. The highest BCUT2D eigenvalue weighted by atomic mass is 16.1. The second kappa shape index (κ2) is 6.41. The molecule has 5 fully saturated rings. The van der Waals surface area contributed by atoms with Crippen LogP contribution < -0.4 is 0 Å². The lowest BCUT2D eigenvalue weighted by Gasteiger charge is -2.74. The topological polar surface area (TPSA) is 17.1 Å². The number of ketones is 1. The van der Waals surface area contributed by atoms with Crippen LogP contribution >= 0.6 is 0 Å². The summed E-state index contributed by atoms with van der Waals surface area (Å²) in [6, 6.07) is 0. The Morgan fingerprint density at radius 1 is 0.645 bits per heavy atom. The summed E-state index contributed by atoms with van der Waals surface area (Å²) in [5.41, 5.74) is 2.67. The Kier molecular flexibility index (Phi) is 4.65. The normalized spacial score (nSPS) is 58.5. The maximum Gasteiger partial charge on any atom is 0.136 e. The fourth-order valence-electron chi connectivity index (χ4n) is 11.2. The Balaban J connectivity index is 1.55. The summed E-state index contributed by atoms with van der Waals surface area (Å²) in [6.07, 6.45) is 14.6. The van der Waals surface area contributed by atoms with Crippen molar-refractivity contribution in [3.05, 3.63) is 0 Å². The van der Waals surface area contributed by atoms with Gasteiger partial charge in [0.05, 0.1) is 0 Å². The molecule has 1 heteroatoms. The van der Waals surface area contributed by atoms with Crippen LogP contribution in [0.5, 0.6) is 0 Å². The molecule has 5 aliphatic rings. The van der Waals surface area contributed by atoms with E-state index in [1.165, 1.54) is 57.8 Å². The molecule has 176 valence electrons. The van der Waals surface area contributed by atoms with Crippen molar-refractivity contribution in [3.8, 4) is 0 Å². The zero-order valence-corrected chi connectivity index (χ0v) is 22.0. The molecule has 0 N–H and O–H groups in total. The van der Waals surface area contributed by atoms with Crippen molar-refractivity contribution >= 4 is 5.78 Å². The molecular weight excluding hydrogens is 376 g/mol. The molecule has 0 radical (unpaired) electrons. The lowest BCUT2D eigenvalue weighted by molar-refractivity contribution is -0.256. The highest BCUT2D eigenvalue weighted by Gasteiger charge is 2.70. The molecule has 9 atom stereocenters. The number of fused-ring (bicyclic) bond motifs is 7. The second-order valence-corrected chi connectivity index (χ2v) is 15.3. The van der Waals surface area contributed by atoms with E-state index in [1.807, 2.05) is 0 Å². The Labute approximate surface area is 192 Å². The first-order valence-corrected chi connectivity index (χ1v) is 13.7.